The molecule has 9 heteroatoms. The van der Waals surface area contributed by atoms with Gasteiger partial charge in [0.25, 0.3) is 0 Å². The Morgan fingerprint density at radius 3 is 2.80 bits per heavy atom. The van der Waals surface area contributed by atoms with Crippen LogP contribution < -0.4 is 0 Å². The molecule has 1 aromatic heterocycles. The summed E-state index contributed by atoms with van der Waals surface area (Å²) in [6.07, 6.45) is -2.94. The topological polar surface area (TPSA) is 70.5 Å². The number of hydrogen-bond donors (Lipinski definition) is 1. The molecule has 1 saturated heterocycles. The smallest absolute Gasteiger partial charge is 0.416 e. The van der Waals surface area contributed by atoms with Crippen molar-refractivity contribution in [3.05, 3.63) is 28.8 Å². The lowest BCUT2D eigenvalue weighted by molar-refractivity contribution is -0.148. The van der Waals surface area contributed by atoms with Gasteiger partial charge in [0.05, 0.1) is 20.8 Å². The molecule has 0 aliphatic carbocycles. The minimum Gasteiger partial charge on any atom is -0.480 e. The van der Waals surface area contributed by atoms with Crippen molar-refractivity contribution in [1.29, 1.82) is 0 Å². The Balaban J connectivity index is 1.69. The number of carbonyl (C=O) groups excluding carboxylic acids is 1. The van der Waals surface area contributed by atoms with Gasteiger partial charge in [-0.25, -0.2) is 9.78 Å². The number of thiazole rings is 1. The van der Waals surface area contributed by atoms with E-state index in [-0.39, 0.29) is 24.3 Å². The van der Waals surface area contributed by atoms with Gasteiger partial charge >= 0.3 is 12.1 Å². The highest BCUT2D eigenvalue weighted by Gasteiger charge is 2.33. The predicted molar refractivity (Wildman–Crippen MR) is 85.3 cm³/mol. The average molecular weight is 372 g/mol. The number of carbonyl (C=O) groups is 2. The van der Waals surface area contributed by atoms with Gasteiger partial charge in [0.2, 0.25) is 5.91 Å². The van der Waals surface area contributed by atoms with Crippen LogP contribution in [0.25, 0.3) is 10.2 Å². The number of alkyl halides is 3. The Hall–Kier alpha value is -2.16. The van der Waals surface area contributed by atoms with E-state index in [1.807, 2.05) is 0 Å². The largest absolute Gasteiger partial charge is 0.480 e. The molecule has 1 atom stereocenters. The first-order valence-corrected chi connectivity index (χ1v) is 8.56. The summed E-state index contributed by atoms with van der Waals surface area (Å²) < 4.78 is 38.8. The van der Waals surface area contributed by atoms with E-state index in [1.54, 1.807) is 0 Å². The molecule has 134 valence electrons. The van der Waals surface area contributed by atoms with Crippen LogP contribution in [0, 0.1) is 0 Å². The Kier molecular flexibility index (Phi) is 4.68. The lowest BCUT2D eigenvalue weighted by Gasteiger charge is -2.21. The molecule has 0 spiro atoms. The zero-order valence-electron chi connectivity index (χ0n) is 13.0. The Labute approximate surface area is 145 Å². The fourth-order valence-corrected chi connectivity index (χ4v) is 3.89. The third-order valence-electron chi connectivity index (χ3n) is 4.17. The zero-order valence-corrected chi connectivity index (χ0v) is 13.9. The molecule has 1 amide bonds. The van der Waals surface area contributed by atoms with Gasteiger partial charge in [0.1, 0.15) is 6.04 Å². The number of amides is 1. The molecular formula is C16H15F3N2O3S. The molecule has 5 nitrogen and oxygen atoms in total. The van der Waals surface area contributed by atoms with Crippen molar-refractivity contribution >= 4 is 33.4 Å². The first-order chi connectivity index (χ1) is 11.8. The van der Waals surface area contributed by atoms with Crippen molar-refractivity contribution in [3.8, 4) is 0 Å². The third-order valence-corrected chi connectivity index (χ3v) is 5.27. The van der Waals surface area contributed by atoms with Crippen molar-refractivity contribution in [2.24, 2.45) is 0 Å². The maximum atomic E-state index is 12.7. The first-order valence-electron chi connectivity index (χ1n) is 7.74. The molecule has 1 unspecified atom stereocenters. The quantitative estimate of drug-likeness (QED) is 0.894. The normalized spacial score (nSPS) is 18.0. The molecule has 0 bridgehead atoms. The maximum Gasteiger partial charge on any atom is 0.416 e. The lowest BCUT2D eigenvalue weighted by Crippen LogP contribution is -2.40. The third kappa shape index (κ3) is 3.76. The van der Waals surface area contributed by atoms with Gasteiger partial charge in [-0.1, -0.05) is 0 Å². The van der Waals surface area contributed by atoms with Gasteiger partial charge in [0.15, 0.2) is 0 Å². The van der Waals surface area contributed by atoms with E-state index in [2.05, 4.69) is 4.98 Å². The van der Waals surface area contributed by atoms with E-state index in [4.69, 9.17) is 5.11 Å². The van der Waals surface area contributed by atoms with E-state index >= 15 is 0 Å². The predicted octanol–water partition coefficient (Wildman–Crippen LogP) is 3.32. The number of aryl methyl sites for hydroxylation is 1. The summed E-state index contributed by atoms with van der Waals surface area (Å²) in [6, 6.07) is 2.61. The second-order valence-corrected chi connectivity index (χ2v) is 6.99. The molecule has 2 aromatic rings. The Morgan fingerprint density at radius 1 is 1.36 bits per heavy atom. The highest BCUT2D eigenvalue weighted by atomic mass is 32.1. The van der Waals surface area contributed by atoms with Crippen molar-refractivity contribution in [2.45, 2.75) is 37.9 Å². The molecule has 0 saturated carbocycles. The van der Waals surface area contributed by atoms with Crippen LogP contribution >= 0.6 is 11.3 Å². The highest BCUT2D eigenvalue weighted by Crippen LogP contribution is 2.33. The number of aromatic nitrogens is 1. The number of hydrogen-bond acceptors (Lipinski definition) is 4. The van der Waals surface area contributed by atoms with Crippen LogP contribution in [0.5, 0.6) is 0 Å². The number of rotatable bonds is 4. The fourth-order valence-electron chi connectivity index (χ4n) is 2.94. The van der Waals surface area contributed by atoms with Crippen LogP contribution in [-0.2, 0) is 22.2 Å². The second-order valence-electron chi connectivity index (χ2n) is 5.87. The molecule has 1 N–H and O–H groups in total. The average Bonchev–Trinajstić information content (AvgIpc) is 3.17. The van der Waals surface area contributed by atoms with Crippen molar-refractivity contribution in [3.63, 3.8) is 0 Å². The summed E-state index contributed by atoms with van der Waals surface area (Å²) in [6.45, 7) is 0.421. The maximum absolute atomic E-state index is 12.7. The van der Waals surface area contributed by atoms with Crippen LogP contribution in [0.2, 0.25) is 0 Å². The minimum atomic E-state index is -4.42. The highest BCUT2D eigenvalue weighted by molar-refractivity contribution is 7.18. The summed E-state index contributed by atoms with van der Waals surface area (Å²) in [5, 5.41) is 9.67. The lowest BCUT2D eigenvalue weighted by atomic mass is 10.2. The second kappa shape index (κ2) is 6.62. The van der Waals surface area contributed by atoms with Gasteiger partial charge in [-0.15, -0.1) is 11.3 Å². The van der Waals surface area contributed by atoms with Crippen LogP contribution in [0.15, 0.2) is 18.2 Å². The molecule has 1 aliphatic heterocycles. The van der Waals surface area contributed by atoms with E-state index in [0.29, 0.717) is 29.1 Å². The number of nitrogens with zero attached hydrogens (tertiary/aromatic N) is 2. The standard InChI is InChI=1S/C16H15F3N2O3S/c17-16(18,19)9-3-4-12-10(8-9)20-13(25-12)5-6-14(22)21-7-1-2-11(21)15(23)24/h3-4,8,11H,1-2,5-7H2,(H,23,24). The Morgan fingerprint density at radius 2 is 2.12 bits per heavy atom. The molecule has 1 fully saturated rings. The van der Waals surface area contributed by atoms with Crippen LogP contribution in [-0.4, -0.2) is 39.5 Å². The van der Waals surface area contributed by atoms with E-state index in [1.165, 1.54) is 22.3 Å². The number of likely N-dealkylation sites (tertiary alicyclic amines) is 1. The molecule has 3 rings (SSSR count). The van der Waals surface area contributed by atoms with E-state index < -0.39 is 23.8 Å². The van der Waals surface area contributed by atoms with Gasteiger partial charge < -0.3 is 10.0 Å². The number of fused-ring (bicyclic) bond motifs is 1. The monoisotopic (exact) mass is 372 g/mol. The van der Waals surface area contributed by atoms with E-state index in [0.717, 1.165) is 12.1 Å². The molecule has 25 heavy (non-hydrogen) atoms. The van der Waals surface area contributed by atoms with Gasteiger partial charge in [-0.05, 0) is 31.0 Å². The summed E-state index contributed by atoms with van der Waals surface area (Å²) in [4.78, 5) is 28.9. The van der Waals surface area contributed by atoms with Gasteiger partial charge in [-0.3, -0.25) is 4.79 Å². The van der Waals surface area contributed by atoms with Crippen LogP contribution in [0.1, 0.15) is 29.8 Å². The zero-order chi connectivity index (χ0) is 18.2. The molecule has 1 aromatic carbocycles. The Bertz CT molecular complexity index is 819. The summed E-state index contributed by atoms with van der Waals surface area (Å²) in [5.41, 5.74) is -0.499. The number of halogens is 3. The van der Waals surface area contributed by atoms with Gasteiger partial charge in [-0.2, -0.15) is 13.2 Å². The number of aliphatic carboxylic acids is 1. The summed E-state index contributed by atoms with van der Waals surface area (Å²) in [7, 11) is 0. The fraction of sp³-hybridized carbons (Fsp3) is 0.438. The number of carboxylic acid groups (broad SMARTS) is 1. The van der Waals surface area contributed by atoms with Crippen molar-refractivity contribution in [1.82, 2.24) is 9.88 Å². The molecular weight excluding hydrogens is 357 g/mol. The van der Waals surface area contributed by atoms with Crippen molar-refractivity contribution < 1.29 is 27.9 Å². The number of carboxylic acids is 1. The SMILES string of the molecule is O=C(O)C1CCCN1C(=O)CCc1nc2cc(C(F)(F)F)ccc2s1. The number of benzene rings is 1. The van der Waals surface area contributed by atoms with Crippen molar-refractivity contribution in [2.75, 3.05) is 6.54 Å². The van der Waals surface area contributed by atoms with Crippen LogP contribution in [0.3, 0.4) is 0 Å². The molecule has 1 aliphatic rings. The summed E-state index contributed by atoms with van der Waals surface area (Å²) in [5.74, 6) is -1.27. The minimum absolute atomic E-state index is 0.0930. The summed E-state index contributed by atoms with van der Waals surface area (Å²) >= 11 is 1.24. The van der Waals surface area contributed by atoms with E-state index in [9.17, 15) is 22.8 Å². The molecule has 2 heterocycles. The van der Waals surface area contributed by atoms with Crippen LogP contribution in [0.4, 0.5) is 13.2 Å². The first kappa shape index (κ1) is 17.7. The van der Waals surface area contributed by atoms with Gasteiger partial charge in [0, 0.05) is 19.4 Å². The molecule has 0 radical (unpaired) electrons.